The van der Waals surface area contributed by atoms with Crippen molar-refractivity contribution in [3.05, 3.63) is 0 Å². The van der Waals surface area contributed by atoms with Crippen LogP contribution in [0.3, 0.4) is 0 Å². The second-order valence-corrected chi connectivity index (χ2v) is 7.09. The van der Waals surface area contributed by atoms with Gasteiger partial charge in [0.05, 0.1) is 0 Å². The summed E-state index contributed by atoms with van der Waals surface area (Å²) in [5.41, 5.74) is 0. The molecule has 2 rings (SSSR count). The summed E-state index contributed by atoms with van der Waals surface area (Å²) in [5, 5.41) is 3.81. The Balaban J connectivity index is 1.87. The molecule has 2 aliphatic rings. The predicted octanol–water partition coefficient (Wildman–Crippen LogP) is 3.67. The van der Waals surface area contributed by atoms with Gasteiger partial charge in [0.15, 0.2) is 0 Å². The maximum Gasteiger partial charge on any atom is 0.0107 e. The van der Waals surface area contributed by atoms with E-state index in [9.17, 15) is 0 Å². The molecule has 1 heterocycles. The van der Waals surface area contributed by atoms with E-state index >= 15 is 0 Å². The third-order valence-corrected chi connectivity index (χ3v) is 5.28. The first-order valence-corrected chi connectivity index (χ1v) is 8.68. The highest BCUT2D eigenvalue weighted by molar-refractivity contribution is 4.86. The van der Waals surface area contributed by atoms with Crippen LogP contribution in [0.15, 0.2) is 0 Å². The van der Waals surface area contributed by atoms with Crippen LogP contribution in [0.1, 0.15) is 65.7 Å². The van der Waals surface area contributed by atoms with E-state index in [4.69, 9.17) is 0 Å². The maximum absolute atomic E-state index is 3.81. The highest BCUT2D eigenvalue weighted by Gasteiger charge is 2.30. The lowest BCUT2D eigenvalue weighted by Gasteiger charge is -2.42. The van der Waals surface area contributed by atoms with Gasteiger partial charge in [-0.1, -0.05) is 26.7 Å². The molecule has 4 atom stereocenters. The van der Waals surface area contributed by atoms with Crippen molar-refractivity contribution >= 4 is 0 Å². The molecule has 2 heteroatoms. The standard InChI is InChI=1S/C17H34N2/c1-4-11-18-17-8-6-5-7-16(17)13-19-12-14(2)9-10-15(19)3/h14-18H,4-13H2,1-3H3. The molecule has 2 fully saturated rings. The Hall–Kier alpha value is -0.0800. The van der Waals surface area contributed by atoms with Crippen molar-refractivity contribution in [2.24, 2.45) is 11.8 Å². The van der Waals surface area contributed by atoms with Gasteiger partial charge in [0.2, 0.25) is 0 Å². The van der Waals surface area contributed by atoms with Crippen LogP contribution in [0.4, 0.5) is 0 Å². The predicted molar refractivity (Wildman–Crippen MR) is 83.5 cm³/mol. The average molecular weight is 266 g/mol. The van der Waals surface area contributed by atoms with Crippen LogP contribution in [-0.4, -0.2) is 36.6 Å². The minimum Gasteiger partial charge on any atom is -0.314 e. The van der Waals surface area contributed by atoms with E-state index < -0.39 is 0 Å². The molecule has 1 N–H and O–H groups in total. The molecule has 2 nitrogen and oxygen atoms in total. The number of nitrogens with zero attached hydrogens (tertiary/aromatic N) is 1. The Morgan fingerprint density at radius 1 is 1.05 bits per heavy atom. The van der Waals surface area contributed by atoms with E-state index in [1.165, 1.54) is 64.6 Å². The van der Waals surface area contributed by atoms with E-state index in [-0.39, 0.29) is 0 Å². The van der Waals surface area contributed by atoms with Crippen LogP contribution in [0.2, 0.25) is 0 Å². The fourth-order valence-electron chi connectivity index (χ4n) is 3.96. The van der Waals surface area contributed by atoms with Crippen LogP contribution in [-0.2, 0) is 0 Å². The largest absolute Gasteiger partial charge is 0.314 e. The molecule has 1 aliphatic carbocycles. The van der Waals surface area contributed by atoms with E-state index in [0.717, 1.165) is 23.9 Å². The summed E-state index contributed by atoms with van der Waals surface area (Å²) in [6, 6.07) is 1.60. The lowest BCUT2D eigenvalue weighted by atomic mass is 9.83. The summed E-state index contributed by atoms with van der Waals surface area (Å²) in [6.45, 7) is 11.0. The van der Waals surface area contributed by atoms with Gasteiger partial charge in [-0.2, -0.15) is 0 Å². The fraction of sp³-hybridized carbons (Fsp3) is 1.00. The van der Waals surface area contributed by atoms with Crippen molar-refractivity contribution in [3.8, 4) is 0 Å². The normalized spacial score (nSPS) is 37.4. The molecule has 0 spiro atoms. The molecule has 0 aromatic heterocycles. The molecule has 112 valence electrons. The Morgan fingerprint density at radius 2 is 1.84 bits per heavy atom. The van der Waals surface area contributed by atoms with Gasteiger partial charge in [0, 0.05) is 25.2 Å². The summed E-state index contributed by atoms with van der Waals surface area (Å²) in [7, 11) is 0. The third kappa shape index (κ3) is 4.46. The van der Waals surface area contributed by atoms with Gasteiger partial charge < -0.3 is 10.2 Å². The van der Waals surface area contributed by atoms with Gasteiger partial charge in [-0.25, -0.2) is 0 Å². The maximum atomic E-state index is 3.81. The van der Waals surface area contributed by atoms with Crippen LogP contribution in [0.25, 0.3) is 0 Å². The second kappa shape index (κ2) is 7.64. The number of nitrogens with one attached hydrogen (secondary N) is 1. The summed E-state index contributed by atoms with van der Waals surface area (Å²) in [4.78, 5) is 2.78. The molecule has 4 unspecified atom stereocenters. The summed E-state index contributed by atoms with van der Waals surface area (Å²) >= 11 is 0. The number of hydrogen-bond donors (Lipinski definition) is 1. The molecule has 0 bridgehead atoms. The van der Waals surface area contributed by atoms with Crippen molar-refractivity contribution in [1.29, 1.82) is 0 Å². The highest BCUT2D eigenvalue weighted by atomic mass is 15.2. The van der Waals surface area contributed by atoms with Crippen LogP contribution >= 0.6 is 0 Å². The third-order valence-electron chi connectivity index (χ3n) is 5.28. The molecule has 0 amide bonds. The van der Waals surface area contributed by atoms with Crippen LogP contribution < -0.4 is 5.32 Å². The Kier molecular flexibility index (Phi) is 6.15. The van der Waals surface area contributed by atoms with Crippen molar-refractivity contribution in [2.45, 2.75) is 77.8 Å². The summed E-state index contributed by atoms with van der Waals surface area (Å²) in [5.74, 6) is 1.80. The molecule has 1 saturated heterocycles. The lowest BCUT2D eigenvalue weighted by Crippen LogP contribution is -2.49. The van der Waals surface area contributed by atoms with Crippen molar-refractivity contribution in [1.82, 2.24) is 10.2 Å². The second-order valence-electron chi connectivity index (χ2n) is 7.09. The molecule has 0 radical (unpaired) electrons. The summed E-state index contributed by atoms with van der Waals surface area (Å²) in [6.07, 6.45) is 9.83. The molecule has 19 heavy (non-hydrogen) atoms. The van der Waals surface area contributed by atoms with Gasteiger partial charge >= 0.3 is 0 Å². The smallest absolute Gasteiger partial charge is 0.0107 e. The zero-order valence-corrected chi connectivity index (χ0v) is 13.3. The Morgan fingerprint density at radius 3 is 2.63 bits per heavy atom. The van der Waals surface area contributed by atoms with Gasteiger partial charge in [-0.15, -0.1) is 0 Å². The first-order valence-electron chi connectivity index (χ1n) is 8.68. The number of hydrogen-bond acceptors (Lipinski definition) is 2. The minimum absolute atomic E-state index is 0.790. The molecular formula is C17H34N2. The zero-order valence-electron chi connectivity index (χ0n) is 13.3. The Bertz CT molecular complexity index is 254. The number of piperidine rings is 1. The van der Waals surface area contributed by atoms with E-state index in [2.05, 4.69) is 31.0 Å². The summed E-state index contributed by atoms with van der Waals surface area (Å²) < 4.78 is 0. The van der Waals surface area contributed by atoms with Crippen LogP contribution in [0.5, 0.6) is 0 Å². The fourth-order valence-corrected chi connectivity index (χ4v) is 3.96. The van der Waals surface area contributed by atoms with E-state index in [1.54, 1.807) is 0 Å². The highest BCUT2D eigenvalue weighted by Crippen LogP contribution is 2.29. The van der Waals surface area contributed by atoms with E-state index in [0.29, 0.717) is 0 Å². The zero-order chi connectivity index (χ0) is 13.7. The SMILES string of the molecule is CCCNC1CCCCC1CN1CC(C)CCC1C. The van der Waals surface area contributed by atoms with Crippen LogP contribution in [0, 0.1) is 11.8 Å². The molecular weight excluding hydrogens is 232 g/mol. The van der Waals surface area contributed by atoms with Crippen molar-refractivity contribution in [3.63, 3.8) is 0 Å². The average Bonchev–Trinajstić information content (AvgIpc) is 2.42. The van der Waals surface area contributed by atoms with Crippen molar-refractivity contribution in [2.75, 3.05) is 19.6 Å². The molecule has 1 saturated carbocycles. The van der Waals surface area contributed by atoms with Gasteiger partial charge in [0.25, 0.3) is 0 Å². The molecule has 0 aromatic carbocycles. The lowest BCUT2D eigenvalue weighted by molar-refractivity contribution is 0.0841. The Labute approximate surface area is 120 Å². The minimum atomic E-state index is 0.790. The monoisotopic (exact) mass is 266 g/mol. The number of rotatable bonds is 5. The van der Waals surface area contributed by atoms with Crippen molar-refractivity contribution < 1.29 is 0 Å². The topological polar surface area (TPSA) is 15.3 Å². The molecule has 1 aliphatic heterocycles. The van der Waals surface area contributed by atoms with Gasteiger partial charge in [-0.05, 0) is 57.4 Å². The van der Waals surface area contributed by atoms with E-state index in [1.807, 2.05) is 0 Å². The number of likely N-dealkylation sites (tertiary alicyclic amines) is 1. The first-order chi connectivity index (χ1) is 9.20. The van der Waals surface area contributed by atoms with Gasteiger partial charge in [-0.3, -0.25) is 0 Å². The first kappa shape index (κ1) is 15.3. The van der Waals surface area contributed by atoms with Gasteiger partial charge in [0.1, 0.15) is 0 Å². The quantitative estimate of drug-likeness (QED) is 0.817. The molecule has 0 aromatic rings.